The lowest BCUT2D eigenvalue weighted by Gasteiger charge is -2.09. The number of fused-ring (bicyclic) bond motifs is 2. The summed E-state index contributed by atoms with van der Waals surface area (Å²) in [7, 11) is 0. The molecule has 124 valence electrons. The lowest BCUT2D eigenvalue weighted by molar-refractivity contribution is 0.101. The predicted octanol–water partition coefficient (Wildman–Crippen LogP) is 5.01. The Hall–Kier alpha value is -2.83. The molecule has 2 heterocycles. The molecule has 0 radical (unpaired) electrons. The topological polar surface area (TPSA) is 67.4 Å². The third-order valence-corrected chi connectivity index (χ3v) is 4.59. The van der Waals surface area contributed by atoms with E-state index in [0.717, 1.165) is 0 Å². The Morgan fingerprint density at radius 2 is 1.96 bits per heavy atom. The number of carbonyl (C=O) groups is 2. The van der Waals surface area contributed by atoms with Crippen molar-refractivity contribution in [3.8, 4) is 11.5 Å². The minimum absolute atomic E-state index is 0.230. The van der Waals surface area contributed by atoms with E-state index >= 15 is 0 Å². The summed E-state index contributed by atoms with van der Waals surface area (Å²) >= 11 is 7.41. The minimum atomic E-state index is -0.331. The van der Waals surface area contributed by atoms with Gasteiger partial charge in [-0.15, -0.1) is 0 Å². The summed E-state index contributed by atoms with van der Waals surface area (Å²) < 4.78 is 5.81. The van der Waals surface area contributed by atoms with Gasteiger partial charge in [-0.25, -0.2) is 0 Å². The van der Waals surface area contributed by atoms with Crippen LogP contribution in [0.1, 0.15) is 20.7 Å². The lowest BCUT2D eigenvalue weighted by Crippen LogP contribution is -2.13. The Morgan fingerprint density at radius 3 is 2.76 bits per heavy atom. The standard InChI is InChI=1S/C18H11ClN2O3S/c19-11-1-3-16-14(7-11)21-18(23)13-8-12(2-4-15(13)24-16)20-17(22)10-5-6-25-9-10/h1-9H,(H,20,22)(H,21,23). The van der Waals surface area contributed by atoms with E-state index < -0.39 is 0 Å². The maximum atomic E-state index is 12.5. The van der Waals surface area contributed by atoms with Gasteiger partial charge in [0, 0.05) is 16.1 Å². The van der Waals surface area contributed by atoms with Crippen molar-refractivity contribution in [1.82, 2.24) is 0 Å². The Kier molecular flexibility index (Phi) is 3.91. The van der Waals surface area contributed by atoms with E-state index in [4.69, 9.17) is 16.3 Å². The van der Waals surface area contributed by atoms with Gasteiger partial charge in [-0.3, -0.25) is 9.59 Å². The molecule has 0 fully saturated rings. The van der Waals surface area contributed by atoms with Gasteiger partial charge in [0.2, 0.25) is 0 Å². The highest BCUT2D eigenvalue weighted by Gasteiger charge is 2.22. The average Bonchev–Trinajstić information content (AvgIpc) is 3.09. The summed E-state index contributed by atoms with van der Waals surface area (Å²) in [6, 6.07) is 11.7. The molecule has 0 saturated carbocycles. The van der Waals surface area contributed by atoms with E-state index in [1.165, 1.54) is 11.3 Å². The molecule has 1 aliphatic heterocycles. The predicted molar refractivity (Wildman–Crippen MR) is 98.2 cm³/mol. The highest BCUT2D eigenvalue weighted by Crippen LogP contribution is 2.37. The van der Waals surface area contributed by atoms with Crippen LogP contribution in [0.25, 0.3) is 0 Å². The zero-order valence-electron chi connectivity index (χ0n) is 12.7. The molecule has 5 nitrogen and oxygen atoms in total. The van der Waals surface area contributed by atoms with Crippen molar-refractivity contribution in [2.45, 2.75) is 0 Å². The first-order valence-electron chi connectivity index (χ1n) is 7.36. The number of amides is 2. The molecule has 0 saturated heterocycles. The summed E-state index contributed by atoms with van der Waals surface area (Å²) in [5, 5.41) is 9.63. The van der Waals surface area contributed by atoms with Crippen LogP contribution in [0.2, 0.25) is 5.02 Å². The highest BCUT2D eigenvalue weighted by atomic mass is 35.5. The van der Waals surface area contributed by atoms with Crippen molar-refractivity contribution in [3.05, 3.63) is 69.4 Å². The fraction of sp³-hybridized carbons (Fsp3) is 0. The number of hydrogen-bond donors (Lipinski definition) is 2. The van der Waals surface area contributed by atoms with E-state index in [1.807, 2.05) is 5.38 Å². The summed E-state index contributed by atoms with van der Waals surface area (Å²) in [5.41, 5.74) is 1.91. The van der Waals surface area contributed by atoms with Crippen LogP contribution in [0.15, 0.2) is 53.2 Å². The normalized spacial score (nSPS) is 12.3. The first-order valence-corrected chi connectivity index (χ1v) is 8.68. The number of ether oxygens (including phenoxy) is 1. The molecule has 1 aliphatic rings. The van der Waals surface area contributed by atoms with E-state index in [9.17, 15) is 9.59 Å². The number of anilines is 2. The van der Waals surface area contributed by atoms with Gasteiger partial charge in [0.05, 0.1) is 16.8 Å². The fourth-order valence-corrected chi connectivity index (χ4v) is 3.28. The largest absolute Gasteiger partial charge is 0.454 e. The monoisotopic (exact) mass is 370 g/mol. The van der Waals surface area contributed by atoms with Gasteiger partial charge in [-0.1, -0.05) is 11.6 Å². The van der Waals surface area contributed by atoms with Crippen LogP contribution in [0.4, 0.5) is 11.4 Å². The van der Waals surface area contributed by atoms with Crippen LogP contribution in [0.3, 0.4) is 0 Å². The molecule has 0 aliphatic carbocycles. The number of rotatable bonds is 2. The van der Waals surface area contributed by atoms with Crippen molar-refractivity contribution >= 4 is 46.1 Å². The quantitative estimate of drug-likeness (QED) is 0.666. The molecule has 1 aromatic heterocycles. The number of carbonyl (C=O) groups excluding carboxylic acids is 2. The van der Waals surface area contributed by atoms with E-state index in [-0.39, 0.29) is 11.8 Å². The number of nitrogens with one attached hydrogen (secondary N) is 2. The summed E-state index contributed by atoms with van der Waals surface area (Å²) in [4.78, 5) is 24.7. The molecule has 0 atom stereocenters. The van der Waals surface area contributed by atoms with Gasteiger partial charge in [-0.2, -0.15) is 11.3 Å². The molecule has 2 N–H and O–H groups in total. The average molecular weight is 371 g/mol. The SMILES string of the molecule is O=C(Nc1ccc2c(c1)C(=O)Nc1cc(Cl)ccc1O2)c1ccsc1. The fourth-order valence-electron chi connectivity index (χ4n) is 2.47. The summed E-state index contributed by atoms with van der Waals surface area (Å²) in [6.07, 6.45) is 0. The lowest BCUT2D eigenvalue weighted by atomic mass is 10.1. The molecule has 3 aromatic rings. The van der Waals surface area contributed by atoms with Gasteiger partial charge in [0.15, 0.2) is 5.75 Å². The number of thiophene rings is 1. The molecule has 0 spiro atoms. The maximum Gasteiger partial charge on any atom is 0.259 e. The van der Waals surface area contributed by atoms with Crippen LogP contribution < -0.4 is 15.4 Å². The summed E-state index contributed by atoms with van der Waals surface area (Å²) in [5.74, 6) is 0.354. The van der Waals surface area contributed by atoms with E-state index in [0.29, 0.717) is 39.0 Å². The van der Waals surface area contributed by atoms with Crippen LogP contribution in [-0.2, 0) is 0 Å². The minimum Gasteiger partial charge on any atom is -0.454 e. The second-order valence-corrected chi connectivity index (χ2v) is 6.59. The van der Waals surface area contributed by atoms with Crippen LogP contribution >= 0.6 is 22.9 Å². The molecule has 7 heteroatoms. The molecular weight excluding hydrogens is 360 g/mol. The Morgan fingerprint density at radius 1 is 1.12 bits per heavy atom. The van der Waals surface area contributed by atoms with Crippen molar-refractivity contribution in [3.63, 3.8) is 0 Å². The van der Waals surface area contributed by atoms with Gasteiger partial charge in [-0.05, 0) is 47.8 Å². The molecule has 0 unspecified atom stereocenters. The number of hydrogen-bond acceptors (Lipinski definition) is 4. The Labute approximate surface area is 152 Å². The summed E-state index contributed by atoms with van der Waals surface area (Å²) in [6.45, 7) is 0. The third-order valence-electron chi connectivity index (χ3n) is 3.68. The second kappa shape index (κ2) is 6.23. The molecule has 25 heavy (non-hydrogen) atoms. The smallest absolute Gasteiger partial charge is 0.259 e. The van der Waals surface area contributed by atoms with Crippen molar-refractivity contribution in [1.29, 1.82) is 0 Å². The third kappa shape index (κ3) is 3.09. The zero-order chi connectivity index (χ0) is 17.4. The number of benzene rings is 2. The van der Waals surface area contributed by atoms with E-state index in [2.05, 4.69) is 10.6 Å². The molecule has 0 bridgehead atoms. The van der Waals surface area contributed by atoms with Gasteiger partial charge >= 0.3 is 0 Å². The molecule has 2 aromatic carbocycles. The zero-order valence-corrected chi connectivity index (χ0v) is 14.3. The van der Waals surface area contributed by atoms with Crippen LogP contribution in [-0.4, -0.2) is 11.8 Å². The second-order valence-electron chi connectivity index (χ2n) is 5.37. The molecular formula is C18H11ClN2O3S. The Bertz CT molecular complexity index is 986. The first-order chi connectivity index (χ1) is 12.1. The van der Waals surface area contributed by atoms with Crippen LogP contribution in [0.5, 0.6) is 11.5 Å². The van der Waals surface area contributed by atoms with Gasteiger partial charge in [0.25, 0.3) is 11.8 Å². The number of halogens is 1. The Balaban J connectivity index is 1.65. The molecule has 4 rings (SSSR count). The van der Waals surface area contributed by atoms with Crippen molar-refractivity contribution < 1.29 is 14.3 Å². The van der Waals surface area contributed by atoms with Crippen LogP contribution in [0, 0.1) is 0 Å². The maximum absolute atomic E-state index is 12.5. The highest BCUT2D eigenvalue weighted by molar-refractivity contribution is 7.08. The first kappa shape index (κ1) is 15.7. The van der Waals surface area contributed by atoms with Gasteiger partial charge < -0.3 is 15.4 Å². The molecule has 2 amide bonds. The van der Waals surface area contributed by atoms with Crippen molar-refractivity contribution in [2.24, 2.45) is 0 Å². The van der Waals surface area contributed by atoms with E-state index in [1.54, 1.807) is 47.8 Å². The van der Waals surface area contributed by atoms with Gasteiger partial charge in [0.1, 0.15) is 5.75 Å². The van der Waals surface area contributed by atoms with Crippen molar-refractivity contribution in [2.75, 3.05) is 10.6 Å².